The molecule has 140 valence electrons. The van der Waals surface area contributed by atoms with Crippen LogP contribution in [0.15, 0.2) is 60.4 Å². The zero-order valence-corrected chi connectivity index (χ0v) is 15.0. The van der Waals surface area contributed by atoms with Crippen LogP contribution in [-0.4, -0.2) is 53.7 Å². The third kappa shape index (κ3) is 3.60. The normalized spacial score (nSPS) is 19.1. The molecule has 1 aliphatic rings. The number of rotatable bonds is 6. The first-order valence-corrected chi connectivity index (χ1v) is 8.37. The fraction of sp³-hybridized carbons (Fsp3) is 0.250. The van der Waals surface area contributed by atoms with Gasteiger partial charge in [0.15, 0.2) is 6.29 Å². The second kappa shape index (κ2) is 8.11. The fourth-order valence-electron chi connectivity index (χ4n) is 3.11. The molecule has 3 rings (SSSR count). The zero-order chi connectivity index (χ0) is 19.4. The Bertz CT molecular complexity index is 847. The van der Waals surface area contributed by atoms with Crippen LogP contribution in [0.25, 0.3) is 5.76 Å². The van der Waals surface area contributed by atoms with Gasteiger partial charge in [-0.3, -0.25) is 14.6 Å². The van der Waals surface area contributed by atoms with Gasteiger partial charge in [-0.15, -0.1) is 0 Å². The standard InChI is InChI=1S/C20H20N2O5/c1-26-15(27-2)12-22-17(14-9-6-10-21-11-14)16(19(24)20(22)25)18(23)13-7-4-3-5-8-13/h3-11,15,17,23H,12H2,1-2H3/t17-/m0/s1. The largest absolute Gasteiger partial charge is 0.507 e. The highest BCUT2D eigenvalue weighted by atomic mass is 16.7. The Morgan fingerprint density at radius 1 is 1.15 bits per heavy atom. The Morgan fingerprint density at radius 2 is 1.85 bits per heavy atom. The van der Waals surface area contributed by atoms with E-state index in [1.54, 1.807) is 54.9 Å². The summed E-state index contributed by atoms with van der Waals surface area (Å²) in [5, 5.41) is 10.8. The smallest absolute Gasteiger partial charge is 0.295 e. The number of amides is 1. The van der Waals surface area contributed by atoms with Crippen LogP contribution >= 0.6 is 0 Å². The number of aliphatic hydroxyl groups excluding tert-OH is 1. The maximum absolute atomic E-state index is 12.8. The van der Waals surface area contributed by atoms with Gasteiger partial charge in [-0.25, -0.2) is 0 Å². The number of ether oxygens (including phenoxy) is 2. The lowest BCUT2D eigenvalue weighted by Crippen LogP contribution is -2.38. The number of hydrogen-bond acceptors (Lipinski definition) is 6. The van der Waals surface area contributed by atoms with Crippen molar-refractivity contribution >= 4 is 17.4 Å². The van der Waals surface area contributed by atoms with Crippen LogP contribution in [0.3, 0.4) is 0 Å². The molecule has 0 spiro atoms. The Balaban J connectivity index is 2.14. The van der Waals surface area contributed by atoms with Gasteiger partial charge in [0.1, 0.15) is 5.76 Å². The minimum absolute atomic E-state index is 0.0187. The van der Waals surface area contributed by atoms with Crippen molar-refractivity contribution in [3.63, 3.8) is 0 Å². The first-order chi connectivity index (χ1) is 13.1. The number of nitrogens with zero attached hydrogens (tertiary/aromatic N) is 2. The van der Waals surface area contributed by atoms with E-state index in [1.807, 2.05) is 0 Å². The minimum Gasteiger partial charge on any atom is -0.507 e. The number of benzene rings is 1. The van der Waals surface area contributed by atoms with E-state index in [1.165, 1.54) is 19.1 Å². The van der Waals surface area contributed by atoms with Crippen molar-refractivity contribution in [2.24, 2.45) is 0 Å². The first-order valence-electron chi connectivity index (χ1n) is 8.37. The SMILES string of the molecule is COC(CN1C(=O)C(=O)C(=C(O)c2ccccc2)[C@@H]1c1cccnc1)OC. The number of pyridine rings is 1. The molecule has 0 aliphatic carbocycles. The van der Waals surface area contributed by atoms with Crippen molar-refractivity contribution in [3.05, 3.63) is 71.6 Å². The van der Waals surface area contributed by atoms with Crippen LogP contribution < -0.4 is 0 Å². The number of carbonyl (C=O) groups excluding carboxylic acids is 2. The van der Waals surface area contributed by atoms with Gasteiger partial charge in [0.2, 0.25) is 0 Å². The van der Waals surface area contributed by atoms with E-state index in [2.05, 4.69) is 4.98 Å². The quantitative estimate of drug-likeness (QED) is 0.364. The maximum atomic E-state index is 12.8. The van der Waals surface area contributed by atoms with Gasteiger partial charge >= 0.3 is 0 Å². The maximum Gasteiger partial charge on any atom is 0.295 e. The molecule has 7 nitrogen and oxygen atoms in total. The number of hydrogen-bond donors (Lipinski definition) is 1. The van der Waals surface area contributed by atoms with Crippen LogP contribution in [0, 0.1) is 0 Å². The van der Waals surface area contributed by atoms with E-state index in [9.17, 15) is 14.7 Å². The van der Waals surface area contributed by atoms with Gasteiger partial charge in [0.05, 0.1) is 18.2 Å². The first kappa shape index (κ1) is 18.8. The Morgan fingerprint density at radius 3 is 2.44 bits per heavy atom. The van der Waals surface area contributed by atoms with Gasteiger partial charge in [-0.1, -0.05) is 36.4 Å². The van der Waals surface area contributed by atoms with Crippen molar-refractivity contribution < 1.29 is 24.2 Å². The van der Waals surface area contributed by atoms with E-state index >= 15 is 0 Å². The molecule has 2 aromatic rings. The predicted octanol–water partition coefficient (Wildman–Crippen LogP) is 2.12. The monoisotopic (exact) mass is 368 g/mol. The Labute approximate surface area is 156 Å². The average molecular weight is 368 g/mol. The molecule has 0 unspecified atom stereocenters. The zero-order valence-electron chi connectivity index (χ0n) is 15.0. The molecule has 2 heterocycles. The fourth-order valence-corrected chi connectivity index (χ4v) is 3.11. The molecule has 0 radical (unpaired) electrons. The molecule has 1 fully saturated rings. The molecule has 27 heavy (non-hydrogen) atoms. The highest BCUT2D eigenvalue weighted by Gasteiger charge is 2.46. The van der Waals surface area contributed by atoms with Crippen molar-refractivity contribution in [3.8, 4) is 0 Å². The number of carbonyl (C=O) groups is 2. The number of likely N-dealkylation sites (tertiary alicyclic amines) is 1. The summed E-state index contributed by atoms with van der Waals surface area (Å²) in [5.41, 5.74) is 1.09. The van der Waals surface area contributed by atoms with Gasteiger partial charge < -0.3 is 19.5 Å². The third-order valence-corrected chi connectivity index (χ3v) is 4.46. The summed E-state index contributed by atoms with van der Waals surface area (Å²) in [4.78, 5) is 30.9. The van der Waals surface area contributed by atoms with Crippen LogP contribution in [0.2, 0.25) is 0 Å². The summed E-state index contributed by atoms with van der Waals surface area (Å²) in [5.74, 6) is -1.70. The van der Waals surface area contributed by atoms with Gasteiger partial charge in [0, 0.05) is 32.2 Å². The molecule has 1 amide bonds. The van der Waals surface area contributed by atoms with E-state index in [-0.39, 0.29) is 17.9 Å². The van der Waals surface area contributed by atoms with Gasteiger partial charge in [0.25, 0.3) is 11.7 Å². The van der Waals surface area contributed by atoms with Crippen LogP contribution in [-0.2, 0) is 19.1 Å². The van der Waals surface area contributed by atoms with E-state index in [0.29, 0.717) is 11.1 Å². The number of Topliss-reactive ketones (excluding diaryl/α,β-unsaturated/α-hetero) is 1. The molecule has 1 atom stereocenters. The van der Waals surface area contributed by atoms with Crippen LogP contribution in [0.1, 0.15) is 17.2 Å². The minimum atomic E-state index is -0.785. The van der Waals surface area contributed by atoms with E-state index in [4.69, 9.17) is 9.47 Å². The molecular weight excluding hydrogens is 348 g/mol. The van der Waals surface area contributed by atoms with Crippen molar-refractivity contribution in [1.82, 2.24) is 9.88 Å². The lowest BCUT2D eigenvalue weighted by molar-refractivity contribution is -0.149. The van der Waals surface area contributed by atoms with Crippen molar-refractivity contribution in [2.75, 3.05) is 20.8 Å². The van der Waals surface area contributed by atoms with Gasteiger partial charge in [-0.05, 0) is 11.6 Å². The number of aromatic nitrogens is 1. The second-order valence-electron chi connectivity index (χ2n) is 6.00. The summed E-state index contributed by atoms with van der Waals surface area (Å²) in [7, 11) is 2.90. The number of methoxy groups -OCH3 is 2. The summed E-state index contributed by atoms with van der Waals surface area (Å²) in [6.45, 7) is 0.0305. The molecule has 1 saturated heterocycles. The Kier molecular flexibility index (Phi) is 5.63. The topological polar surface area (TPSA) is 89.0 Å². The van der Waals surface area contributed by atoms with E-state index in [0.717, 1.165) is 0 Å². The molecule has 0 saturated carbocycles. The van der Waals surface area contributed by atoms with Crippen LogP contribution in [0.4, 0.5) is 0 Å². The van der Waals surface area contributed by atoms with Crippen molar-refractivity contribution in [1.29, 1.82) is 0 Å². The summed E-state index contributed by atoms with van der Waals surface area (Å²) < 4.78 is 10.4. The second-order valence-corrected chi connectivity index (χ2v) is 6.00. The molecule has 1 aromatic heterocycles. The van der Waals surface area contributed by atoms with Crippen LogP contribution in [0.5, 0.6) is 0 Å². The number of ketones is 1. The lowest BCUT2D eigenvalue weighted by atomic mass is 9.96. The third-order valence-electron chi connectivity index (χ3n) is 4.46. The highest BCUT2D eigenvalue weighted by molar-refractivity contribution is 6.46. The Hall–Kier alpha value is -3.03. The van der Waals surface area contributed by atoms with E-state index < -0.39 is 24.0 Å². The molecule has 1 aromatic carbocycles. The summed E-state index contributed by atoms with van der Waals surface area (Å²) >= 11 is 0. The molecule has 0 bridgehead atoms. The lowest BCUT2D eigenvalue weighted by Gasteiger charge is -2.27. The van der Waals surface area contributed by atoms with Gasteiger partial charge in [-0.2, -0.15) is 0 Å². The summed E-state index contributed by atoms with van der Waals surface area (Å²) in [6, 6.07) is 11.3. The molecule has 1 aliphatic heterocycles. The molecular formula is C20H20N2O5. The average Bonchev–Trinajstić information content (AvgIpc) is 2.97. The number of aliphatic hydroxyl groups is 1. The highest BCUT2D eigenvalue weighted by Crippen LogP contribution is 2.39. The van der Waals surface area contributed by atoms with Crippen molar-refractivity contribution in [2.45, 2.75) is 12.3 Å². The molecule has 1 N–H and O–H groups in total. The summed E-state index contributed by atoms with van der Waals surface area (Å²) in [6.07, 6.45) is 2.45. The molecule has 7 heteroatoms. The predicted molar refractivity (Wildman–Crippen MR) is 97.5 cm³/mol.